The molecule has 1 amide bonds. The second kappa shape index (κ2) is 6.44. The molecule has 0 saturated heterocycles. The second-order valence-electron chi connectivity index (χ2n) is 5.53. The molecule has 3 nitrogen and oxygen atoms in total. The van der Waals surface area contributed by atoms with Gasteiger partial charge in [0.2, 0.25) is 0 Å². The summed E-state index contributed by atoms with van der Waals surface area (Å²) in [5, 5.41) is 2.78. The zero-order valence-corrected chi connectivity index (χ0v) is 12.9. The number of nitrogens with one attached hydrogen (secondary N) is 1. The van der Waals surface area contributed by atoms with Gasteiger partial charge in [-0.25, -0.2) is 4.79 Å². The number of aryl methyl sites for hydroxylation is 2. The number of rotatable bonds is 3. The SMILES string of the molecule is Cc1ccc(C(C)C)c(OC(=O)Nc2ccccc2C)c1. The molecule has 0 aromatic heterocycles. The predicted octanol–water partition coefficient (Wildman–Crippen LogP) is 5.04. The topological polar surface area (TPSA) is 38.3 Å². The molecule has 0 aliphatic rings. The van der Waals surface area contributed by atoms with Crippen molar-refractivity contribution >= 4 is 11.8 Å². The van der Waals surface area contributed by atoms with Crippen LogP contribution in [0.15, 0.2) is 42.5 Å². The van der Waals surface area contributed by atoms with Crippen molar-refractivity contribution in [2.45, 2.75) is 33.6 Å². The number of anilines is 1. The van der Waals surface area contributed by atoms with Crippen LogP contribution in [0.25, 0.3) is 0 Å². The highest BCUT2D eigenvalue weighted by atomic mass is 16.6. The molecule has 0 bridgehead atoms. The number of carbonyl (C=O) groups is 1. The van der Waals surface area contributed by atoms with Gasteiger partial charge in [0.25, 0.3) is 0 Å². The van der Waals surface area contributed by atoms with Crippen molar-refractivity contribution in [3.8, 4) is 5.75 Å². The number of amides is 1. The first-order valence-electron chi connectivity index (χ1n) is 7.12. The van der Waals surface area contributed by atoms with Gasteiger partial charge in [0.15, 0.2) is 0 Å². The van der Waals surface area contributed by atoms with E-state index in [-0.39, 0.29) is 0 Å². The molecule has 3 heteroatoms. The fourth-order valence-corrected chi connectivity index (χ4v) is 2.16. The molecule has 21 heavy (non-hydrogen) atoms. The van der Waals surface area contributed by atoms with E-state index < -0.39 is 6.09 Å². The van der Waals surface area contributed by atoms with Gasteiger partial charge in [0.1, 0.15) is 5.75 Å². The van der Waals surface area contributed by atoms with Crippen LogP contribution in [0.1, 0.15) is 36.5 Å². The van der Waals surface area contributed by atoms with Crippen LogP contribution >= 0.6 is 0 Å². The van der Waals surface area contributed by atoms with Crippen LogP contribution < -0.4 is 10.1 Å². The Labute approximate surface area is 126 Å². The molecule has 110 valence electrons. The van der Waals surface area contributed by atoms with E-state index in [0.717, 1.165) is 22.4 Å². The minimum atomic E-state index is -0.461. The van der Waals surface area contributed by atoms with E-state index >= 15 is 0 Å². The monoisotopic (exact) mass is 283 g/mol. The Morgan fingerprint density at radius 2 is 1.81 bits per heavy atom. The summed E-state index contributed by atoms with van der Waals surface area (Å²) in [6.45, 7) is 8.09. The third-order valence-corrected chi connectivity index (χ3v) is 3.38. The first kappa shape index (κ1) is 15.1. The van der Waals surface area contributed by atoms with Crippen molar-refractivity contribution in [1.29, 1.82) is 0 Å². The average Bonchev–Trinajstić information content (AvgIpc) is 2.41. The number of hydrogen-bond acceptors (Lipinski definition) is 2. The van der Waals surface area contributed by atoms with E-state index in [1.807, 2.05) is 56.3 Å². The summed E-state index contributed by atoms with van der Waals surface area (Å²) in [7, 11) is 0. The molecule has 0 saturated carbocycles. The van der Waals surface area contributed by atoms with E-state index in [4.69, 9.17) is 4.74 Å². The molecular formula is C18H21NO2. The second-order valence-corrected chi connectivity index (χ2v) is 5.53. The molecule has 0 spiro atoms. The summed E-state index contributed by atoms with van der Waals surface area (Å²) in [6, 6.07) is 13.6. The van der Waals surface area contributed by atoms with E-state index in [1.165, 1.54) is 0 Å². The normalized spacial score (nSPS) is 10.5. The minimum absolute atomic E-state index is 0.298. The Kier molecular flexibility index (Phi) is 4.63. The van der Waals surface area contributed by atoms with Gasteiger partial charge in [0, 0.05) is 5.69 Å². The molecule has 2 aromatic carbocycles. The number of benzene rings is 2. The van der Waals surface area contributed by atoms with Crippen molar-refractivity contribution < 1.29 is 9.53 Å². The van der Waals surface area contributed by atoms with E-state index in [1.54, 1.807) is 0 Å². The van der Waals surface area contributed by atoms with E-state index in [9.17, 15) is 4.79 Å². The third-order valence-electron chi connectivity index (χ3n) is 3.38. The van der Waals surface area contributed by atoms with Gasteiger partial charge in [-0.2, -0.15) is 0 Å². The highest BCUT2D eigenvalue weighted by Gasteiger charge is 2.12. The summed E-state index contributed by atoms with van der Waals surface area (Å²) < 4.78 is 5.50. The molecule has 1 N–H and O–H groups in total. The lowest BCUT2D eigenvalue weighted by Gasteiger charge is -2.14. The standard InChI is InChI=1S/C18H21NO2/c1-12(2)15-10-9-13(3)11-17(15)21-18(20)19-16-8-6-5-7-14(16)4/h5-12H,1-4H3,(H,19,20). The molecule has 0 atom stereocenters. The quantitative estimate of drug-likeness (QED) is 0.857. The smallest absolute Gasteiger partial charge is 0.410 e. The molecular weight excluding hydrogens is 262 g/mol. The van der Waals surface area contributed by atoms with Crippen molar-refractivity contribution in [3.63, 3.8) is 0 Å². The fraction of sp³-hybridized carbons (Fsp3) is 0.278. The first-order valence-corrected chi connectivity index (χ1v) is 7.12. The van der Waals surface area contributed by atoms with Crippen LogP contribution in [0.5, 0.6) is 5.75 Å². The fourth-order valence-electron chi connectivity index (χ4n) is 2.16. The molecule has 0 radical (unpaired) electrons. The van der Waals surface area contributed by atoms with Gasteiger partial charge in [-0.3, -0.25) is 5.32 Å². The van der Waals surface area contributed by atoms with Crippen molar-refractivity contribution in [3.05, 3.63) is 59.2 Å². The maximum Gasteiger partial charge on any atom is 0.417 e. The number of para-hydroxylation sites is 1. The van der Waals surface area contributed by atoms with Crippen LogP contribution in [-0.4, -0.2) is 6.09 Å². The van der Waals surface area contributed by atoms with Crippen molar-refractivity contribution in [2.24, 2.45) is 0 Å². The summed E-state index contributed by atoms with van der Waals surface area (Å²) in [5.74, 6) is 0.919. The lowest BCUT2D eigenvalue weighted by molar-refractivity contribution is 0.214. The molecule has 0 unspecified atom stereocenters. The average molecular weight is 283 g/mol. The summed E-state index contributed by atoms with van der Waals surface area (Å²) in [4.78, 5) is 12.1. The maximum atomic E-state index is 12.1. The Bertz CT molecular complexity index is 647. The molecule has 0 aliphatic heterocycles. The summed E-state index contributed by atoms with van der Waals surface area (Å²) in [5.41, 5.74) is 3.86. The minimum Gasteiger partial charge on any atom is -0.410 e. The Hall–Kier alpha value is -2.29. The van der Waals surface area contributed by atoms with Crippen LogP contribution in [0.4, 0.5) is 10.5 Å². The van der Waals surface area contributed by atoms with Gasteiger partial charge in [0.05, 0.1) is 0 Å². The Balaban J connectivity index is 2.16. The zero-order valence-electron chi connectivity index (χ0n) is 12.9. The van der Waals surface area contributed by atoms with Gasteiger partial charge in [-0.15, -0.1) is 0 Å². The van der Waals surface area contributed by atoms with Gasteiger partial charge >= 0.3 is 6.09 Å². The lowest BCUT2D eigenvalue weighted by Crippen LogP contribution is -2.18. The molecule has 0 heterocycles. The lowest BCUT2D eigenvalue weighted by atomic mass is 10.0. The highest BCUT2D eigenvalue weighted by molar-refractivity contribution is 5.87. The van der Waals surface area contributed by atoms with Crippen LogP contribution in [0.3, 0.4) is 0 Å². The number of hydrogen-bond donors (Lipinski definition) is 1. The van der Waals surface area contributed by atoms with Gasteiger partial charge in [-0.1, -0.05) is 44.2 Å². The van der Waals surface area contributed by atoms with Crippen molar-refractivity contribution in [2.75, 3.05) is 5.32 Å². The van der Waals surface area contributed by atoms with E-state index in [0.29, 0.717) is 11.7 Å². The Morgan fingerprint density at radius 1 is 1.10 bits per heavy atom. The predicted molar refractivity (Wildman–Crippen MR) is 86.1 cm³/mol. The third kappa shape index (κ3) is 3.85. The summed E-state index contributed by atoms with van der Waals surface area (Å²) in [6.07, 6.45) is -0.461. The zero-order chi connectivity index (χ0) is 15.4. The maximum absolute atomic E-state index is 12.1. The largest absolute Gasteiger partial charge is 0.417 e. The van der Waals surface area contributed by atoms with Crippen molar-refractivity contribution in [1.82, 2.24) is 0 Å². The molecule has 0 fully saturated rings. The van der Waals surface area contributed by atoms with Gasteiger partial charge in [-0.05, 0) is 48.6 Å². The van der Waals surface area contributed by atoms with Crippen LogP contribution in [0, 0.1) is 13.8 Å². The van der Waals surface area contributed by atoms with Crippen LogP contribution in [0.2, 0.25) is 0 Å². The Morgan fingerprint density at radius 3 is 2.48 bits per heavy atom. The number of carbonyl (C=O) groups excluding carboxylic acids is 1. The van der Waals surface area contributed by atoms with Crippen LogP contribution in [-0.2, 0) is 0 Å². The summed E-state index contributed by atoms with van der Waals surface area (Å²) >= 11 is 0. The molecule has 2 rings (SSSR count). The first-order chi connectivity index (χ1) is 9.97. The highest BCUT2D eigenvalue weighted by Crippen LogP contribution is 2.28. The number of ether oxygens (including phenoxy) is 1. The molecule has 0 aliphatic carbocycles. The van der Waals surface area contributed by atoms with Gasteiger partial charge < -0.3 is 4.74 Å². The molecule has 2 aromatic rings. The van der Waals surface area contributed by atoms with E-state index in [2.05, 4.69) is 19.2 Å².